The van der Waals surface area contributed by atoms with E-state index in [1.807, 2.05) is 13.8 Å². The first kappa shape index (κ1) is 32.2. The number of carbonyl (C=O) groups excluding carboxylic acids is 6. The fraction of sp³-hybridized carbons (Fsp3) is 0.571. The average Bonchev–Trinajstić information content (AvgIpc) is 3.42. The third-order valence-corrected chi connectivity index (χ3v) is 7.34. The molecule has 4 atom stereocenters. The summed E-state index contributed by atoms with van der Waals surface area (Å²) in [5.41, 5.74) is 0.206. The van der Waals surface area contributed by atoms with Crippen molar-refractivity contribution in [2.75, 3.05) is 11.9 Å². The number of nitro groups is 1. The van der Waals surface area contributed by atoms with E-state index in [4.69, 9.17) is 0 Å². The number of benzene rings is 1. The van der Waals surface area contributed by atoms with E-state index in [0.717, 1.165) is 4.90 Å². The third kappa shape index (κ3) is 7.89. The quantitative estimate of drug-likeness (QED) is 0.197. The summed E-state index contributed by atoms with van der Waals surface area (Å²) in [5.74, 6) is -3.00. The molecule has 2 heterocycles. The Kier molecular flexibility index (Phi) is 10.7. The van der Waals surface area contributed by atoms with Crippen LogP contribution in [0.4, 0.5) is 11.4 Å². The molecular formula is C28H38N6O8. The number of amides is 6. The maximum Gasteiger partial charge on any atom is 0.269 e. The zero-order chi connectivity index (χ0) is 31.1. The highest BCUT2D eigenvalue weighted by Crippen LogP contribution is 2.21. The second-order valence-corrected chi connectivity index (χ2v) is 11.1. The topological polar surface area (TPSA) is 188 Å². The van der Waals surface area contributed by atoms with E-state index in [-0.39, 0.29) is 31.0 Å². The lowest BCUT2D eigenvalue weighted by Crippen LogP contribution is -2.58. The van der Waals surface area contributed by atoms with Gasteiger partial charge in [-0.25, -0.2) is 0 Å². The van der Waals surface area contributed by atoms with Crippen molar-refractivity contribution in [1.29, 1.82) is 0 Å². The molecule has 3 rings (SSSR count). The zero-order valence-corrected chi connectivity index (χ0v) is 24.3. The Morgan fingerprint density at radius 3 is 2.14 bits per heavy atom. The molecule has 228 valence electrons. The SMILES string of the molecule is CC(C)C[C@H](NC(=O)[C@@H]1CCCN1C(=O)[C@H](C)NC(=O)[C@H](C)N1C(=O)CCCC1=O)C(=O)Nc1ccc([N+](=O)[O-])cc1. The van der Waals surface area contributed by atoms with Crippen molar-refractivity contribution >= 4 is 46.8 Å². The molecule has 0 aromatic heterocycles. The summed E-state index contributed by atoms with van der Waals surface area (Å²) in [4.78, 5) is 89.5. The molecule has 6 amide bonds. The van der Waals surface area contributed by atoms with Gasteiger partial charge in [-0.3, -0.25) is 43.8 Å². The number of non-ortho nitro benzene ring substituents is 1. The van der Waals surface area contributed by atoms with Crippen molar-refractivity contribution in [3.63, 3.8) is 0 Å². The number of nitrogens with one attached hydrogen (secondary N) is 3. The molecule has 0 unspecified atom stereocenters. The van der Waals surface area contributed by atoms with Crippen LogP contribution in [0.1, 0.15) is 66.2 Å². The van der Waals surface area contributed by atoms with Crippen LogP contribution in [0.25, 0.3) is 0 Å². The Hall–Kier alpha value is -4.36. The van der Waals surface area contributed by atoms with Crippen molar-refractivity contribution in [2.45, 2.75) is 90.4 Å². The first-order valence-electron chi connectivity index (χ1n) is 14.1. The maximum absolute atomic E-state index is 13.3. The molecule has 14 nitrogen and oxygen atoms in total. The highest BCUT2D eigenvalue weighted by molar-refractivity contribution is 6.03. The van der Waals surface area contributed by atoms with Gasteiger partial charge in [-0.1, -0.05) is 13.8 Å². The number of piperidine rings is 1. The van der Waals surface area contributed by atoms with Gasteiger partial charge in [0.15, 0.2) is 0 Å². The molecule has 1 aromatic rings. The van der Waals surface area contributed by atoms with E-state index in [1.165, 1.54) is 43.0 Å². The molecule has 3 N–H and O–H groups in total. The Labute approximate surface area is 243 Å². The van der Waals surface area contributed by atoms with E-state index < -0.39 is 64.5 Å². The predicted molar refractivity (Wildman–Crippen MR) is 151 cm³/mol. The third-order valence-electron chi connectivity index (χ3n) is 7.34. The number of hydrogen-bond acceptors (Lipinski definition) is 8. The Morgan fingerprint density at radius 2 is 1.57 bits per heavy atom. The van der Waals surface area contributed by atoms with Crippen LogP contribution in [-0.2, 0) is 28.8 Å². The molecular weight excluding hydrogens is 548 g/mol. The van der Waals surface area contributed by atoms with Crippen molar-refractivity contribution in [3.05, 3.63) is 34.4 Å². The monoisotopic (exact) mass is 586 g/mol. The number of likely N-dealkylation sites (tertiary alicyclic amines) is 2. The molecule has 14 heteroatoms. The van der Waals surface area contributed by atoms with Gasteiger partial charge in [0.1, 0.15) is 24.2 Å². The molecule has 0 bridgehead atoms. The van der Waals surface area contributed by atoms with Crippen LogP contribution in [0.5, 0.6) is 0 Å². The van der Waals surface area contributed by atoms with Crippen molar-refractivity contribution in [3.8, 4) is 0 Å². The van der Waals surface area contributed by atoms with Gasteiger partial charge in [-0.05, 0) is 57.6 Å². The van der Waals surface area contributed by atoms with Gasteiger partial charge >= 0.3 is 0 Å². The lowest BCUT2D eigenvalue weighted by Gasteiger charge is -2.32. The molecule has 42 heavy (non-hydrogen) atoms. The minimum atomic E-state index is -1.08. The fourth-order valence-electron chi connectivity index (χ4n) is 5.13. The van der Waals surface area contributed by atoms with Crippen LogP contribution in [0, 0.1) is 16.0 Å². The van der Waals surface area contributed by atoms with E-state index in [2.05, 4.69) is 16.0 Å². The number of carbonyl (C=O) groups is 6. The Bertz CT molecular complexity index is 1220. The smallest absolute Gasteiger partial charge is 0.269 e. The van der Waals surface area contributed by atoms with Gasteiger partial charge in [0.2, 0.25) is 35.4 Å². The normalized spacial score (nSPS) is 19.2. The maximum atomic E-state index is 13.3. The standard InChI is InChI=1S/C28H38N6O8/c1-16(2)15-21(26(38)30-19-10-12-20(13-11-19)34(41)42)31-27(39)22-7-6-14-32(22)28(40)17(3)29-25(37)18(4)33-23(35)8-5-9-24(33)36/h10-13,16-18,21-22H,5-9,14-15H2,1-4H3,(H,29,37)(H,30,38)(H,31,39)/t17-,18-,21-,22-/m0/s1. The van der Waals surface area contributed by atoms with Crippen molar-refractivity contribution in [1.82, 2.24) is 20.4 Å². The minimum absolute atomic E-state index is 0.0371. The van der Waals surface area contributed by atoms with Crippen LogP contribution in [0.2, 0.25) is 0 Å². The van der Waals surface area contributed by atoms with E-state index in [9.17, 15) is 38.9 Å². The average molecular weight is 587 g/mol. The molecule has 2 aliphatic rings. The van der Waals surface area contributed by atoms with Gasteiger partial charge in [0.05, 0.1) is 4.92 Å². The number of rotatable bonds is 11. The van der Waals surface area contributed by atoms with E-state index in [0.29, 0.717) is 31.4 Å². The fourth-order valence-corrected chi connectivity index (χ4v) is 5.13. The van der Waals surface area contributed by atoms with Gasteiger partial charge in [0.25, 0.3) is 5.69 Å². The number of anilines is 1. The number of nitro benzene ring substituents is 1. The highest BCUT2D eigenvalue weighted by Gasteiger charge is 2.39. The molecule has 0 radical (unpaired) electrons. The Morgan fingerprint density at radius 1 is 0.952 bits per heavy atom. The van der Waals surface area contributed by atoms with Crippen molar-refractivity contribution < 1.29 is 33.7 Å². The summed E-state index contributed by atoms with van der Waals surface area (Å²) in [5, 5.41) is 18.9. The molecule has 0 spiro atoms. The second-order valence-electron chi connectivity index (χ2n) is 11.1. The second kappa shape index (κ2) is 14.0. The number of imide groups is 1. The van der Waals surface area contributed by atoms with E-state index >= 15 is 0 Å². The van der Waals surface area contributed by atoms with Crippen LogP contribution in [-0.4, -0.2) is 80.9 Å². The van der Waals surface area contributed by atoms with Gasteiger partial charge in [0, 0.05) is 37.2 Å². The Balaban J connectivity index is 1.63. The molecule has 1 aromatic carbocycles. The van der Waals surface area contributed by atoms with Crippen LogP contribution < -0.4 is 16.0 Å². The molecule has 2 fully saturated rings. The summed E-state index contributed by atoms with van der Waals surface area (Å²) >= 11 is 0. The number of nitrogens with zero attached hydrogens (tertiary/aromatic N) is 3. The lowest BCUT2D eigenvalue weighted by atomic mass is 10.0. The van der Waals surface area contributed by atoms with Gasteiger partial charge in [-0.15, -0.1) is 0 Å². The summed E-state index contributed by atoms with van der Waals surface area (Å²) in [6.45, 7) is 6.95. The summed E-state index contributed by atoms with van der Waals surface area (Å²) in [6.07, 6.45) is 2.00. The summed E-state index contributed by atoms with van der Waals surface area (Å²) in [6, 6.07) is 1.42. The largest absolute Gasteiger partial charge is 0.343 e. The van der Waals surface area contributed by atoms with E-state index in [1.54, 1.807) is 0 Å². The molecule has 0 aliphatic carbocycles. The van der Waals surface area contributed by atoms with Crippen LogP contribution in [0.15, 0.2) is 24.3 Å². The summed E-state index contributed by atoms with van der Waals surface area (Å²) in [7, 11) is 0. The first-order chi connectivity index (χ1) is 19.8. The zero-order valence-electron chi connectivity index (χ0n) is 24.3. The van der Waals surface area contributed by atoms with Gasteiger partial charge < -0.3 is 20.9 Å². The summed E-state index contributed by atoms with van der Waals surface area (Å²) < 4.78 is 0. The molecule has 0 saturated carbocycles. The van der Waals surface area contributed by atoms with Gasteiger partial charge in [-0.2, -0.15) is 0 Å². The van der Waals surface area contributed by atoms with Crippen LogP contribution in [0.3, 0.4) is 0 Å². The van der Waals surface area contributed by atoms with Crippen LogP contribution >= 0.6 is 0 Å². The predicted octanol–water partition coefficient (Wildman–Crippen LogP) is 1.49. The van der Waals surface area contributed by atoms with Crippen molar-refractivity contribution in [2.24, 2.45) is 5.92 Å². The lowest BCUT2D eigenvalue weighted by molar-refractivity contribution is -0.384. The molecule has 2 saturated heterocycles. The minimum Gasteiger partial charge on any atom is -0.343 e. The first-order valence-corrected chi connectivity index (χ1v) is 14.1. The highest BCUT2D eigenvalue weighted by atomic mass is 16.6. The number of hydrogen-bond donors (Lipinski definition) is 3. The molecule has 2 aliphatic heterocycles.